The van der Waals surface area contributed by atoms with Crippen LogP contribution in [0.4, 0.5) is 5.95 Å². The summed E-state index contributed by atoms with van der Waals surface area (Å²) >= 11 is 0. The minimum atomic E-state index is -0.633. The molecule has 7 heteroatoms. The Bertz CT molecular complexity index is 424. The average molecular weight is 224 g/mol. The van der Waals surface area contributed by atoms with E-state index in [1.165, 1.54) is 17.0 Å². The largest absolute Gasteiger partial charge is 0.435 e. The van der Waals surface area contributed by atoms with E-state index in [9.17, 15) is 14.9 Å². The minimum Gasteiger partial charge on any atom is -0.390 e. The van der Waals surface area contributed by atoms with Gasteiger partial charge in [0.05, 0.1) is 0 Å². The van der Waals surface area contributed by atoms with Crippen LogP contribution in [0.15, 0.2) is 24.5 Å². The Hall–Kier alpha value is -2.18. The summed E-state index contributed by atoms with van der Waals surface area (Å²) in [5.41, 5.74) is 0.813. The van der Waals surface area contributed by atoms with Gasteiger partial charge in [0.15, 0.2) is 6.54 Å². The molecule has 1 rings (SSSR count). The van der Waals surface area contributed by atoms with E-state index in [0.29, 0.717) is 6.54 Å². The molecule has 16 heavy (non-hydrogen) atoms. The Labute approximate surface area is 91.9 Å². The first-order valence-corrected chi connectivity index (χ1v) is 4.57. The lowest BCUT2D eigenvalue weighted by Gasteiger charge is -2.04. The standard InChI is InChI=1S/C9H12N4O3/c1-7(2)5-11-8(14)6-12-4-3-10-9(12)13(15)16/h3-4H,1,5-6H2,2H3,(H,11,14). The first-order valence-electron chi connectivity index (χ1n) is 4.57. The molecular formula is C9H12N4O3. The number of imidazole rings is 1. The van der Waals surface area contributed by atoms with Gasteiger partial charge < -0.3 is 15.4 Å². The number of amides is 1. The van der Waals surface area contributed by atoms with Crippen molar-refractivity contribution < 1.29 is 9.72 Å². The lowest BCUT2D eigenvalue weighted by molar-refractivity contribution is -0.396. The van der Waals surface area contributed by atoms with Crippen LogP contribution in [0.5, 0.6) is 0 Å². The van der Waals surface area contributed by atoms with E-state index in [2.05, 4.69) is 16.9 Å². The molecule has 0 aliphatic carbocycles. The van der Waals surface area contributed by atoms with Crippen molar-refractivity contribution in [2.24, 2.45) is 0 Å². The van der Waals surface area contributed by atoms with Gasteiger partial charge in [0.1, 0.15) is 12.4 Å². The van der Waals surface area contributed by atoms with Crippen molar-refractivity contribution in [3.63, 3.8) is 0 Å². The first kappa shape index (κ1) is 11.9. The summed E-state index contributed by atoms with van der Waals surface area (Å²) in [4.78, 5) is 24.8. The molecule has 0 unspecified atom stereocenters. The van der Waals surface area contributed by atoms with Gasteiger partial charge in [-0.25, -0.2) is 4.57 Å². The molecular weight excluding hydrogens is 212 g/mol. The molecule has 0 saturated carbocycles. The zero-order valence-corrected chi connectivity index (χ0v) is 8.84. The van der Waals surface area contributed by atoms with Gasteiger partial charge in [-0.1, -0.05) is 17.1 Å². The smallest absolute Gasteiger partial charge is 0.390 e. The molecule has 0 bridgehead atoms. The summed E-state index contributed by atoms with van der Waals surface area (Å²) < 4.78 is 1.17. The van der Waals surface area contributed by atoms with E-state index < -0.39 is 4.92 Å². The summed E-state index contributed by atoms with van der Waals surface area (Å²) in [6, 6.07) is 0. The normalized spacial score (nSPS) is 9.81. The Morgan fingerprint density at radius 3 is 3.00 bits per heavy atom. The van der Waals surface area contributed by atoms with Gasteiger partial charge in [-0.3, -0.25) is 4.79 Å². The predicted octanol–water partition coefficient (Wildman–Crippen LogP) is 0.484. The average Bonchev–Trinajstić information content (AvgIpc) is 2.62. The molecule has 1 heterocycles. The second kappa shape index (κ2) is 5.06. The number of aromatic nitrogens is 2. The summed E-state index contributed by atoms with van der Waals surface area (Å²) in [6.07, 6.45) is 2.67. The third kappa shape index (κ3) is 3.19. The third-order valence-electron chi connectivity index (χ3n) is 1.76. The third-order valence-corrected chi connectivity index (χ3v) is 1.76. The van der Waals surface area contributed by atoms with Gasteiger partial charge in [0.2, 0.25) is 0 Å². The Morgan fingerprint density at radius 2 is 2.44 bits per heavy atom. The monoisotopic (exact) mass is 224 g/mol. The maximum atomic E-state index is 11.4. The molecule has 86 valence electrons. The number of hydrogen-bond acceptors (Lipinski definition) is 4. The minimum absolute atomic E-state index is 0.121. The second-order valence-corrected chi connectivity index (χ2v) is 3.35. The zero-order chi connectivity index (χ0) is 12.1. The van der Waals surface area contributed by atoms with Crippen molar-refractivity contribution in [2.75, 3.05) is 6.54 Å². The maximum absolute atomic E-state index is 11.4. The van der Waals surface area contributed by atoms with Gasteiger partial charge >= 0.3 is 5.95 Å². The summed E-state index contributed by atoms with van der Waals surface area (Å²) in [7, 11) is 0. The maximum Gasteiger partial charge on any atom is 0.435 e. The molecule has 0 aliphatic rings. The fourth-order valence-electron chi connectivity index (χ4n) is 1.06. The van der Waals surface area contributed by atoms with Crippen molar-refractivity contribution in [2.45, 2.75) is 13.5 Å². The Balaban J connectivity index is 2.59. The van der Waals surface area contributed by atoms with Crippen molar-refractivity contribution in [1.82, 2.24) is 14.9 Å². The fraction of sp³-hybridized carbons (Fsp3) is 0.333. The molecule has 0 saturated heterocycles. The Morgan fingerprint density at radius 1 is 1.75 bits per heavy atom. The molecule has 1 amide bonds. The molecule has 7 nitrogen and oxygen atoms in total. The molecule has 0 fully saturated rings. The van der Waals surface area contributed by atoms with Crippen LogP contribution >= 0.6 is 0 Å². The van der Waals surface area contributed by atoms with E-state index in [0.717, 1.165) is 5.57 Å². The number of rotatable bonds is 5. The van der Waals surface area contributed by atoms with Crippen LogP contribution in [0.1, 0.15) is 6.92 Å². The molecule has 1 aromatic heterocycles. The topological polar surface area (TPSA) is 90.1 Å². The van der Waals surface area contributed by atoms with E-state index in [-0.39, 0.29) is 18.4 Å². The highest BCUT2D eigenvalue weighted by atomic mass is 16.6. The van der Waals surface area contributed by atoms with Gasteiger partial charge in [-0.2, -0.15) is 0 Å². The van der Waals surface area contributed by atoms with Crippen molar-refractivity contribution in [3.05, 3.63) is 34.7 Å². The van der Waals surface area contributed by atoms with Crippen LogP contribution in [-0.2, 0) is 11.3 Å². The predicted molar refractivity (Wildman–Crippen MR) is 56.7 cm³/mol. The number of nitrogens with zero attached hydrogens (tertiary/aromatic N) is 3. The second-order valence-electron chi connectivity index (χ2n) is 3.35. The van der Waals surface area contributed by atoms with E-state index in [1.54, 1.807) is 6.92 Å². The highest BCUT2D eigenvalue weighted by Gasteiger charge is 2.16. The van der Waals surface area contributed by atoms with Crippen molar-refractivity contribution in [3.8, 4) is 0 Å². The van der Waals surface area contributed by atoms with Crippen molar-refractivity contribution >= 4 is 11.9 Å². The zero-order valence-electron chi connectivity index (χ0n) is 8.84. The van der Waals surface area contributed by atoms with Crippen LogP contribution in [0.3, 0.4) is 0 Å². The number of nitrogens with one attached hydrogen (secondary N) is 1. The lowest BCUT2D eigenvalue weighted by Crippen LogP contribution is -2.28. The van der Waals surface area contributed by atoms with E-state index in [1.807, 2.05) is 0 Å². The van der Waals surface area contributed by atoms with Gasteiger partial charge in [0, 0.05) is 6.54 Å². The van der Waals surface area contributed by atoms with Crippen molar-refractivity contribution in [1.29, 1.82) is 0 Å². The van der Waals surface area contributed by atoms with Gasteiger partial charge in [-0.15, -0.1) is 0 Å². The van der Waals surface area contributed by atoms with Gasteiger partial charge in [-0.05, 0) is 11.8 Å². The quantitative estimate of drug-likeness (QED) is 0.447. The molecule has 1 N–H and O–H groups in total. The summed E-state index contributed by atoms with van der Waals surface area (Å²) in [5, 5.41) is 13.1. The summed E-state index contributed by atoms with van der Waals surface area (Å²) in [5.74, 6) is -0.658. The van der Waals surface area contributed by atoms with Crippen LogP contribution in [0, 0.1) is 10.1 Å². The molecule has 0 aliphatic heterocycles. The van der Waals surface area contributed by atoms with Crippen LogP contribution in [0.25, 0.3) is 0 Å². The molecule has 0 spiro atoms. The highest BCUT2D eigenvalue weighted by molar-refractivity contribution is 5.76. The molecule has 0 radical (unpaired) electrons. The van der Waals surface area contributed by atoms with E-state index >= 15 is 0 Å². The van der Waals surface area contributed by atoms with Crippen LogP contribution in [0.2, 0.25) is 0 Å². The first-order chi connectivity index (χ1) is 7.50. The van der Waals surface area contributed by atoms with Crippen LogP contribution < -0.4 is 5.32 Å². The fourth-order valence-corrected chi connectivity index (χ4v) is 1.06. The number of hydrogen-bond donors (Lipinski definition) is 1. The van der Waals surface area contributed by atoms with Gasteiger partial charge in [0.25, 0.3) is 5.91 Å². The van der Waals surface area contributed by atoms with E-state index in [4.69, 9.17) is 0 Å². The molecule has 1 aromatic rings. The number of nitro groups is 1. The number of carbonyl (C=O) groups excluding carboxylic acids is 1. The lowest BCUT2D eigenvalue weighted by atomic mass is 10.3. The summed E-state index contributed by atoms with van der Waals surface area (Å²) in [6.45, 7) is 5.65. The van der Waals surface area contributed by atoms with Crippen LogP contribution in [-0.4, -0.2) is 26.9 Å². The SMILES string of the molecule is C=C(C)CNC(=O)Cn1ccnc1[N+](=O)[O-]. The molecule has 0 aromatic carbocycles. The molecule has 0 atom stereocenters. The highest BCUT2D eigenvalue weighted by Crippen LogP contribution is 2.06. The number of carbonyl (C=O) groups is 1. The Kier molecular flexibility index (Phi) is 3.76.